The van der Waals surface area contributed by atoms with Crippen LogP contribution < -0.4 is 0 Å². The van der Waals surface area contributed by atoms with Crippen LogP contribution in [-0.4, -0.2) is 53.1 Å². The Balaban J connectivity index is 1.56. The van der Waals surface area contributed by atoms with Crippen molar-refractivity contribution in [2.75, 3.05) is 26.2 Å². The molecule has 1 heterocycles. The van der Waals surface area contributed by atoms with Gasteiger partial charge in [0.1, 0.15) is 0 Å². The lowest BCUT2D eigenvalue weighted by Crippen LogP contribution is -2.52. The second-order valence-corrected chi connectivity index (χ2v) is 9.26. The normalized spacial score (nSPS) is 18.8. The average molecular weight is 411 g/mol. The Morgan fingerprint density at radius 3 is 2.32 bits per heavy atom. The zero-order chi connectivity index (χ0) is 21.3. The summed E-state index contributed by atoms with van der Waals surface area (Å²) in [6, 6.07) is 18.6. The fraction of sp³-hybridized carbons (Fsp3) is 0.296. The molecule has 0 radical (unpaired) electrons. The van der Waals surface area contributed by atoms with Crippen LogP contribution in [0.25, 0.3) is 0 Å². The summed E-state index contributed by atoms with van der Waals surface area (Å²) in [6.07, 6.45) is 0. The van der Waals surface area contributed by atoms with Gasteiger partial charge in [0.05, 0.1) is 6.54 Å². The van der Waals surface area contributed by atoms with Gasteiger partial charge < -0.3 is 5.11 Å². The minimum atomic E-state index is -0.743. The lowest BCUT2D eigenvalue weighted by Gasteiger charge is -2.39. The summed E-state index contributed by atoms with van der Waals surface area (Å²) in [6.45, 7) is 7.96. The predicted octanol–water partition coefficient (Wildman–Crippen LogP) is 3.36. The predicted molar refractivity (Wildman–Crippen MR) is 119 cm³/mol. The van der Waals surface area contributed by atoms with Gasteiger partial charge in [0.15, 0.2) is 0 Å². The minimum Gasteiger partial charge on any atom is -0.480 e. The van der Waals surface area contributed by atoms with Crippen LogP contribution in [0.3, 0.4) is 0 Å². The Kier molecular flexibility index (Phi) is 4.11. The van der Waals surface area contributed by atoms with E-state index in [2.05, 4.69) is 72.2 Å². The first-order chi connectivity index (χ1) is 15.0. The number of carboxylic acid groups (broad SMARTS) is 1. The summed E-state index contributed by atoms with van der Waals surface area (Å²) in [5, 5.41) is 19.9. The molecule has 4 aliphatic carbocycles. The first-order valence-corrected chi connectivity index (χ1v) is 11.1. The maximum absolute atomic E-state index is 11.2. The molecule has 1 saturated heterocycles. The summed E-state index contributed by atoms with van der Waals surface area (Å²) in [7, 11) is 0. The maximum atomic E-state index is 11.2. The van der Waals surface area contributed by atoms with Gasteiger partial charge in [0, 0.05) is 32.2 Å². The maximum Gasteiger partial charge on any atom is 0.317 e. The first kappa shape index (κ1) is 18.8. The van der Waals surface area contributed by atoms with E-state index in [1.807, 2.05) is 0 Å². The van der Waals surface area contributed by atoms with E-state index in [0.717, 1.165) is 26.2 Å². The van der Waals surface area contributed by atoms with Gasteiger partial charge in [-0.25, -0.2) is 0 Å². The van der Waals surface area contributed by atoms with Crippen molar-refractivity contribution in [1.29, 1.82) is 0 Å². The molecule has 0 spiro atoms. The number of carboxylic acids is 1. The third-order valence-electron chi connectivity index (χ3n) is 7.26. The third kappa shape index (κ3) is 2.86. The minimum absolute atomic E-state index is 0.128. The highest BCUT2D eigenvalue weighted by Crippen LogP contribution is 2.23. The molecule has 8 bridgehead atoms. The molecule has 1 aliphatic heterocycles. The Hall–Kier alpha value is -2.95. The van der Waals surface area contributed by atoms with Crippen LogP contribution in [0.1, 0.15) is 18.1 Å². The molecular weight excluding hydrogens is 384 g/mol. The Bertz CT molecular complexity index is 1620. The van der Waals surface area contributed by atoms with Crippen LogP contribution >= 0.6 is 0 Å². The molecule has 3 aromatic rings. The van der Waals surface area contributed by atoms with E-state index in [1.54, 1.807) is 0 Å². The number of nitrogens with zero attached hydrogens (tertiary/aromatic N) is 2. The van der Waals surface area contributed by atoms with Crippen molar-refractivity contribution < 1.29 is 9.90 Å². The highest BCUT2D eigenvalue weighted by molar-refractivity contribution is 5.69. The number of aliphatic carboxylic acids is 1. The second-order valence-electron chi connectivity index (χ2n) is 9.26. The summed E-state index contributed by atoms with van der Waals surface area (Å²) >= 11 is 0. The molecule has 3 aromatic carbocycles. The van der Waals surface area contributed by atoms with Crippen LogP contribution in [0, 0.1) is 48.7 Å². The van der Waals surface area contributed by atoms with Gasteiger partial charge in [-0.05, 0) is 72.8 Å². The molecule has 1 atom stereocenters. The number of aryl methyl sites for hydroxylation is 1. The van der Waals surface area contributed by atoms with E-state index in [0.29, 0.717) is 0 Å². The fourth-order valence-corrected chi connectivity index (χ4v) is 5.77. The summed E-state index contributed by atoms with van der Waals surface area (Å²) in [5.41, 5.74) is 2.72. The molecular formula is C27H26N2O2. The van der Waals surface area contributed by atoms with Crippen LogP contribution in [-0.2, 0) is 11.3 Å². The quantitative estimate of drug-likeness (QED) is 0.493. The largest absolute Gasteiger partial charge is 0.480 e. The van der Waals surface area contributed by atoms with Gasteiger partial charge in [-0.3, -0.25) is 14.6 Å². The van der Waals surface area contributed by atoms with Gasteiger partial charge in [-0.2, -0.15) is 0 Å². The van der Waals surface area contributed by atoms with E-state index in [1.165, 1.54) is 52.9 Å². The smallest absolute Gasteiger partial charge is 0.317 e. The molecule has 1 fully saturated rings. The number of carbonyl (C=O) groups is 1. The van der Waals surface area contributed by atoms with Gasteiger partial charge in [-0.1, -0.05) is 42.5 Å². The van der Waals surface area contributed by atoms with E-state index in [-0.39, 0.29) is 12.6 Å². The number of benzene rings is 3. The van der Waals surface area contributed by atoms with Gasteiger partial charge in [0.2, 0.25) is 0 Å². The van der Waals surface area contributed by atoms with Crippen LogP contribution in [0.15, 0.2) is 48.5 Å². The summed E-state index contributed by atoms with van der Waals surface area (Å²) in [4.78, 5) is 15.7. The van der Waals surface area contributed by atoms with Crippen molar-refractivity contribution >= 4 is 5.97 Å². The molecule has 1 N–H and O–H groups in total. The third-order valence-corrected chi connectivity index (χ3v) is 7.26. The Morgan fingerprint density at radius 1 is 0.935 bits per heavy atom. The zero-order valence-corrected chi connectivity index (χ0v) is 18.0. The molecule has 0 aromatic heterocycles. The van der Waals surface area contributed by atoms with Crippen molar-refractivity contribution in [3.05, 3.63) is 101 Å². The molecule has 8 rings (SSSR count). The topological polar surface area (TPSA) is 43.8 Å². The number of piperazine rings is 1. The monoisotopic (exact) mass is 410 g/mol. The highest BCUT2D eigenvalue weighted by atomic mass is 16.4. The standard InChI is InChI=1S/C27H26N2O2/c1-16-11-20-7-8-22(16)27-25-18-3-5-19(6-4-18)26(27)23(20)12-21(25)14-28-9-10-29(15-24(30)31)17(2)13-28/h3-8,11-12,17H,9-10,13-15H2,1-2H3,(H,30,31)/t17-/m1/s1. The van der Waals surface area contributed by atoms with Crippen LogP contribution in [0.4, 0.5) is 0 Å². The molecule has 4 heteroatoms. The van der Waals surface area contributed by atoms with E-state index >= 15 is 0 Å². The fourth-order valence-electron chi connectivity index (χ4n) is 5.77. The van der Waals surface area contributed by atoms with Crippen molar-refractivity contribution in [3.8, 4) is 0 Å². The molecule has 4 nitrogen and oxygen atoms in total. The lowest BCUT2D eigenvalue weighted by molar-refractivity contribution is -0.139. The van der Waals surface area contributed by atoms with Crippen LogP contribution in [0.2, 0.25) is 0 Å². The number of fused-ring (bicyclic) bond motifs is 4. The first-order valence-electron chi connectivity index (χ1n) is 11.1. The lowest BCUT2D eigenvalue weighted by atomic mass is 10.0. The molecule has 0 saturated carbocycles. The molecule has 31 heavy (non-hydrogen) atoms. The van der Waals surface area contributed by atoms with Gasteiger partial charge in [0.25, 0.3) is 0 Å². The summed E-state index contributed by atoms with van der Waals surface area (Å²) < 4.78 is 0. The Labute approximate surface area is 180 Å². The van der Waals surface area contributed by atoms with Crippen molar-refractivity contribution in [1.82, 2.24) is 9.80 Å². The van der Waals surface area contributed by atoms with Crippen molar-refractivity contribution in [3.63, 3.8) is 0 Å². The zero-order valence-electron chi connectivity index (χ0n) is 18.0. The van der Waals surface area contributed by atoms with Crippen molar-refractivity contribution in [2.24, 2.45) is 0 Å². The Morgan fingerprint density at radius 2 is 1.65 bits per heavy atom. The molecule has 0 amide bonds. The van der Waals surface area contributed by atoms with Gasteiger partial charge in [-0.15, -0.1) is 0 Å². The number of rotatable bonds is 4. The van der Waals surface area contributed by atoms with E-state index in [9.17, 15) is 9.90 Å². The van der Waals surface area contributed by atoms with Crippen LogP contribution in [0.5, 0.6) is 0 Å². The average Bonchev–Trinajstić information content (AvgIpc) is 3.02. The van der Waals surface area contributed by atoms with Crippen molar-refractivity contribution in [2.45, 2.75) is 26.4 Å². The summed E-state index contributed by atoms with van der Waals surface area (Å²) in [5.74, 6) is -0.743. The molecule has 156 valence electrons. The number of hydrogen-bond acceptors (Lipinski definition) is 3. The van der Waals surface area contributed by atoms with Gasteiger partial charge >= 0.3 is 5.97 Å². The SMILES string of the molecule is Cc1cc2ccc1=c1c3c(CN4CCN(CC(=O)O)[C@H](C)C4)cc=2c1=c1ccc=3cc1. The molecule has 0 unspecified atom stereocenters. The van der Waals surface area contributed by atoms with E-state index < -0.39 is 5.97 Å². The number of hydrogen-bond donors (Lipinski definition) is 1. The highest BCUT2D eigenvalue weighted by Gasteiger charge is 2.25. The second kappa shape index (κ2) is 6.78. The van der Waals surface area contributed by atoms with E-state index in [4.69, 9.17) is 0 Å². The molecule has 5 aliphatic rings.